The maximum Gasteiger partial charge on any atom is 0.197 e. The fraction of sp³-hybridized carbons (Fsp3) is 0.250. The highest BCUT2D eigenvalue weighted by Gasteiger charge is 1.84. The van der Waals surface area contributed by atoms with Gasteiger partial charge >= 0.3 is 0 Å². The van der Waals surface area contributed by atoms with Gasteiger partial charge in [-0.25, -0.2) is 0 Å². The van der Waals surface area contributed by atoms with Crippen molar-refractivity contribution < 1.29 is 0 Å². The zero-order chi connectivity index (χ0) is 5.82. The summed E-state index contributed by atoms with van der Waals surface area (Å²) in [6, 6.07) is 0. The molecular formula is C4H6N4. The second-order valence-corrected chi connectivity index (χ2v) is 1.27. The van der Waals surface area contributed by atoms with Crippen LogP contribution in [0, 0.1) is 0 Å². The molecule has 8 heavy (non-hydrogen) atoms. The fourth-order valence-corrected chi connectivity index (χ4v) is 0.389. The van der Waals surface area contributed by atoms with E-state index in [9.17, 15) is 0 Å². The van der Waals surface area contributed by atoms with Crippen LogP contribution in [0.15, 0.2) is 6.08 Å². The number of nitrogens with one attached hydrogen (secondary N) is 1. The molecule has 0 bridgehead atoms. The number of aromatic nitrogens is 4. The van der Waals surface area contributed by atoms with Gasteiger partial charge in [0.05, 0.1) is 0 Å². The van der Waals surface area contributed by atoms with Gasteiger partial charge in [-0.15, -0.1) is 10.2 Å². The van der Waals surface area contributed by atoms with Gasteiger partial charge in [-0.05, 0) is 18.2 Å². The summed E-state index contributed by atoms with van der Waals surface area (Å²) in [5, 5.41) is 13.0. The minimum atomic E-state index is 0.618. The summed E-state index contributed by atoms with van der Waals surface area (Å²) in [7, 11) is 0. The Labute approximate surface area is 46.6 Å². The molecule has 0 saturated heterocycles. The number of hydrogen-bond donors (Lipinski definition) is 1. The highest BCUT2D eigenvalue weighted by Crippen LogP contribution is 1.84. The number of nitrogens with zero attached hydrogens (tertiary/aromatic N) is 3. The van der Waals surface area contributed by atoms with Gasteiger partial charge in [0, 0.05) is 0 Å². The predicted octanol–water partition coefficient (Wildman–Crippen LogP) is 0.233. The second kappa shape index (κ2) is 2.20. The van der Waals surface area contributed by atoms with E-state index < -0.39 is 0 Å². The quantitative estimate of drug-likeness (QED) is 0.563. The number of aromatic amines is 1. The van der Waals surface area contributed by atoms with Gasteiger partial charge in [0.25, 0.3) is 0 Å². The van der Waals surface area contributed by atoms with Crippen LogP contribution in [0.1, 0.15) is 12.7 Å². The standard InChI is InChI=1S/C4H6N4/c1-2-3-4-5-7-8-6-4/h2-3H,1H3,(H,5,6,7,8)/b3-2+. The summed E-state index contributed by atoms with van der Waals surface area (Å²) >= 11 is 0. The van der Waals surface area contributed by atoms with Gasteiger partial charge in [0.1, 0.15) is 0 Å². The third-order valence-electron chi connectivity index (χ3n) is 0.677. The molecule has 0 aliphatic rings. The number of rotatable bonds is 1. The lowest BCUT2D eigenvalue weighted by Gasteiger charge is -1.69. The van der Waals surface area contributed by atoms with Crippen molar-refractivity contribution in [3.05, 3.63) is 11.9 Å². The average Bonchev–Trinajstić information content (AvgIpc) is 2.19. The first-order valence-electron chi connectivity index (χ1n) is 2.29. The van der Waals surface area contributed by atoms with Gasteiger partial charge in [-0.3, -0.25) is 0 Å². The molecule has 0 fully saturated rings. The van der Waals surface area contributed by atoms with Crippen molar-refractivity contribution in [2.45, 2.75) is 6.92 Å². The first-order chi connectivity index (χ1) is 3.93. The lowest BCUT2D eigenvalue weighted by atomic mass is 10.5. The molecule has 0 radical (unpaired) electrons. The minimum Gasteiger partial charge on any atom is -0.177 e. The maximum atomic E-state index is 3.67. The SMILES string of the molecule is C/C=C/c1nn[nH]n1. The van der Waals surface area contributed by atoms with E-state index in [0.717, 1.165) is 0 Å². The van der Waals surface area contributed by atoms with Crippen LogP contribution in [0.2, 0.25) is 0 Å². The molecular weight excluding hydrogens is 104 g/mol. The zero-order valence-corrected chi connectivity index (χ0v) is 4.50. The Morgan fingerprint density at radius 3 is 3.00 bits per heavy atom. The molecule has 1 heterocycles. The predicted molar refractivity (Wildman–Crippen MR) is 28.9 cm³/mol. The summed E-state index contributed by atoms with van der Waals surface area (Å²) < 4.78 is 0. The molecule has 0 aliphatic heterocycles. The molecule has 1 aromatic rings. The molecule has 4 heteroatoms. The molecule has 0 atom stereocenters. The minimum absolute atomic E-state index is 0.618. The van der Waals surface area contributed by atoms with Crippen molar-refractivity contribution in [3.63, 3.8) is 0 Å². The Bertz CT molecular complexity index is 164. The third kappa shape index (κ3) is 0.900. The molecule has 1 aromatic heterocycles. The van der Waals surface area contributed by atoms with Crippen molar-refractivity contribution in [1.29, 1.82) is 0 Å². The first kappa shape index (κ1) is 4.96. The average molecular weight is 110 g/mol. The van der Waals surface area contributed by atoms with Gasteiger partial charge in [-0.1, -0.05) is 6.08 Å². The van der Waals surface area contributed by atoms with Crippen molar-refractivity contribution in [2.75, 3.05) is 0 Å². The number of H-pyrrole nitrogens is 1. The highest BCUT2D eigenvalue weighted by molar-refractivity contribution is 5.36. The van der Waals surface area contributed by atoms with E-state index in [-0.39, 0.29) is 0 Å². The number of allylic oxidation sites excluding steroid dienone is 1. The lowest BCUT2D eigenvalue weighted by molar-refractivity contribution is 0.881. The van der Waals surface area contributed by atoms with Crippen LogP contribution >= 0.6 is 0 Å². The fourth-order valence-electron chi connectivity index (χ4n) is 0.389. The smallest absolute Gasteiger partial charge is 0.177 e. The Morgan fingerprint density at radius 2 is 2.50 bits per heavy atom. The monoisotopic (exact) mass is 110 g/mol. The van der Waals surface area contributed by atoms with E-state index in [2.05, 4.69) is 20.6 Å². The molecule has 0 spiro atoms. The van der Waals surface area contributed by atoms with Gasteiger partial charge in [0.2, 0.25) is 0 Å². The summed E-state index contributed by atoms with van der Waals surface area (Å²) in [6.07, 6.45) is 3.62. The summed E-state index contributed by atoms with van der Waals surface area (Å²) in [6.45, 7) is 1.90. The molecule has 0 aromatic carbocycles. The maximum absolute atomic E-state index is 3.67. The molecule has 0 aliphatic carbocycles. The summed E-state index contributed by atoms with van der Waals surface area (Å²) in [5.41, 5.74) is 0. The molecule has 1 rings (SSSR count). The van der Waals surface area contributed by atoms with E-state index in [1.54, 1.807) is 6.08 Å². The first-order valence-corrected chi connectivity index (χ1v) is 2.29. The van der Waals surface area contributed by atoms with E-state index in [1.807, 2.05) is 13.0 Å². The van der Waals surface area contributed by atoms with Gasteiger partial charge < -0.3 is 0 Å². The van der Waals surface area contributed by atoms with Gasteiger partial charge in [0.15, 0.2) is 5.82 Å². The van der Waals surface area contributed by atoms with Crippen molar-refractivity contribution in [3.8, 4) is 0 Å². The molecule has 42 valence electrons. The van der Waals surface area contributed by atoms with E-state index in [1.165, 1.54) is 0 Å². The molecule has 1 N–H and O–H groups in total. The topological polar surface area (TPSA) is 54.5 Å². The normalized spacial score (nSPS) is 10.6. The second-order valence-electron chi connectivity index (χ2n) is 1.27. The molecule has 0 unspecified atom stereocenters. The van der Waals surface area contributed by atoms with Crippen LogP contribution in [0.3, 0.4) is 0 Å². The molecule has 0 saturated carbocycles. The molecule has 4 nitrogen and oxygen atoms in total. The number of hydrogen-bond acceptors (Lipinski definition) is 3. The lowest BCUT2D eigenvalue weighted by Crippen LogP contribution is -1.71. The van der Waals surface area contributed by atoms with Crippen LogP contribution in [0.25, 0.3) is 6.08 Å². The van der Waals surface area contributed by atoms with E-state index >= 15 is 0 Å². The highest BCUT2D eigenvalue weighted by atomic mass is 15.5. The largest absolute Gasteiger partial charge is 0.197 e. The van der Waals surface area contributed by atoms with Crippen LogP contribution < -0.4 is 0 Å². The van der Waals surface area contributed by atoms with Crippen LogP contribution in [-0.4, -0.2) is 20.6 Å². The van der Waals surface area contributed by atoms with Gasteiger partial charge in [-0.2, -0.15) is 5.21 Å². The van der Waals surface area contributed by atoms with Crippen LogP contribution in [0.4, 0.5) is 0 Å². The van der Waals surface area contributed by atoms with Crippen molar-refractivity contribution >= 4 is 6.08 Å². The Hall–Kier alpha value is -1.19. The van der Waals surface area contributed by atoms with E-state index in [0.29, 0.717) is 5.82 Å². The number of tetrazole rings is 1. The molecule has 0 amide bonds. The van der Waals surface area contributed by atoms with Crippen molar-refractivity contribution in [2.24, 2.45) is 0 Å². The van der Waals surface area contributed by atoms with Crippen molar-refractivity contribution in [1.82, 2.24) is 20.6 Å². The zero-order valence-electron chi connectivity index (χ0n) is 4.50. The van der Waals surface area contributed by atoms with Crippen LogP contribution in [0.5, 0.6) is 0 Å². The summed E-state index contributed by atoms with van der Waals surface area (Å²) in [5.74, 6) is 0.618. The van der Waals surface area contributed by atoms with Crippen LogP contribution in [-0.2, 0) is 0 Å². The Kier molecular flexibility index (Phi) is 1.37. The van der Waals surface area contributed by atoms with E-state index in [4.69, 9.17) is 0 Å². The summed E-state index contributed by atoms with van der Waals surface area (Å²) in [4.78, 5) is 0. The Morgan fingerprint density at radius 1 is 1.62 bits per heavy atom. The third-order valence-corrected chi connectivity index (χ3v) is 0.677. The Balaban J connectivity index is 2.77.